The van der Waals surface area contributed by atoms with Crippen molar-refractivity contribution in [3.8, 4) is 0 Å². The van der Waals surface area contributed by atoms with Gasteiger partial charge in [-0.1, -0.05) is 44.9 Å². The van der Waals surface area contributed by atoms with E-state index in [-0.39, 0.29) is 11.5 Å². The Balaban J connectivity index is 2.36. The Morgan fingerprint density at radius 1 is 1.12 bits per heavy atom. The van der Waals surface area contributed by atoms with Crippen LogP contribution in [0.5, 0.6) is 0 Å². The Morgan fingerprint density at radius 3 is 2.35 bits per heavy atom. The van der Waals surface area contributed by atoms with Crippen molar-refractivity contribution in [1.82, 2.24) is 0 Å². The first-order valence-corrected chi connectivity index (χ1v) is 7.37. The second-order valence-corrected chi connectivity index (χ2v) is 6.09. The molecular weight excluding hydrogens is 236 g/mol. The summed E-state index contributed by atoms with van der Waals surface area (Å²) in [7, 11) is -3.56. The van der Waals surface area contributed by atoms with Crippen LogP contribution in [-0.4, -0.2) is 15.0 Å². The molecule has 96 valence electrons. The SMILES string of the molecule is CC(C)CCCCOS(=O)(=O)c1ccccc1. The highest BCUT2D eigenvalue weighted by molar-refractivity contribution is 7.86. The second kappa shape index (κ2) is 6.77. The molecule has 0 N–H and O–H groups in total. The van der Waals surface area contributed by atoms with E-state index in [1.54, 1.807) is 30.3 Å². The first-order valence-electron chi connectivity index (χ1n) is 5.97. The van der Waals surface area contributed by atoms with Gasteiger partial charge in [0.1, 0.15) is 0 Å². The molecule has 0 aliphatic carbocycles. The van der Waals surface area contributed by atoms with E-state index < -0.39 is 10.1 Å². The summed E-state index contributed by atoms with van der Waals surface area (Å²) >= 11 is 0. The van der Waals surface area contributed by atoms with E-state index in [4.69, 9.17) is 4.18 Å². The van der Waals surface area contributed by atoms with Gasteiger partial charge in [0.25, 0.3) is 10.1 Å². The van der Waals surface area contributed by atoms with E-state index in [1.807, 2.05) is 0 Å². The highest BCUT2D eigenvalue weighted by Gasteiger charge is 2.13. The lowest BCUT2D eigenvalue weighted by Gasteiger charge is -2.06. The van der Waals surface area contributed by atoms with Gasteiger partial charge in [0.2, 0.25) is 0 Å². The zero-order chi connectivity index (χ0) is 12.7. The van der Waals surface area contributed by atoms with Crippen molar-refractivity contribution in [2.75, 3.05) is 6.61 Å². The highest BCUT2D eigenvalue weighted by Crippen LogP contribution is 2.13. The monoisotopic (exact) mass is 256 g/mol. The van der Waals surface area contributed by atoms with Crippen molar-refractivity contribution < 1.29 is 12.6 Å². The van der Waals surface area contributed by atoms with Crippen LogP contribution in [0.4, 0.5) is 0 Å². The average Bonchev–Trinajstić information content (AvgIpc) is 2.29. The Labute approximate surface area is 104 Å². The summed E-state index contributed by atoms with van der Waals surface area (Å²) in [5.41, 5.74) is 0. The molecule has 0 saturated carbocycles. The van der Waals surface area contributed by atoms with Crippen LogP contribution in [0, 0.1) is 5.92 Å². The third kappa shape index (κ3) is 5.33. The summed E-state index contributed by atoms with van der Waals surface area (Å²) in [6, 6.07) is 8.25. The van der Waals surface area contributed by atoms with Gasteiger partial charge in [0.15, 0.2) is 0 Å². The maximum Gasteiger partial charge on any atom is 0.296 e. The van der Waals surface area contributed by atoms with Gasteiger partial charge in [-0.25, -0.2) is 0 Å². The molecule has 0 saturated heterocycles. The van der Waals surface area contributed by atoms with E-state index >= 15 is 0 Å². The molecule has 0 heterocycles. The van der Waals surface area contributed by atoms with Crippen LogP contribution in [0.25, 0.3) is 0 Å². The highest BCUT2D eigenvalue weighted by atomic mass is 32.2. The molecular formula is C13H20O3S. The molecule has 0 amide bonds. The summed E-state index contributed by atoms with van der Waals surface area (Å²) in [6.07, 6.45) is 2.89. The molecule has 17 heavy (non-hydrogen) atoms. The van der Waals surface area contributed by atoms with Gasteiger partial charge in [0, 0.05) is 0 Å². The number of unbranched alkanes of at least 4 members (excludes halogenated alkanes) is 1. The Hall–Kier alpha value is -0.870. The van der Waals surface area contributed by atoms with E-state index in [0.717, 1.165) is 19.3 Å². The van der Waals surface area contributed by atoms with Crippen molar-refractivity contribution in [3.05, 3.63) is 30.3 Å². The number of hydrogen-bond donors (Lipinski definition) is 0. The van der Waals surface area contributed by atoms with Crippen LogP contribution in [0.15, 0.2) is 35.2 Å². The lowest BCUT2D eigenvalue weighted by atomic mass is 10.1. The minimum absolute atomic E-state index is 0.226. The minimum atomic E-state index is -3.56. The van der Waals surface area contributed by atoms with Gasteiger partial charge in [-0.2, -0.15) is 8.42 Å². The summed E-state index contributed by atoms with van der Waals surface area (Å²) in [6.45, 7) is 4.58. The van der Waals surface area contributed by atoms with E-state index in [1.165, 1.54) is 0 Å². The predicted molar refractivity (Wildman–Crippen MR) is 68.3 cm³/mol. The molecule has 0 aliphatic rings. The molecule has 3 nitrogen and oxygen atoms in total. The van der Waals surface area contributed by atoms with E-state index in [2.05, 4.69) is 13.8 Å². The molecule has 1 rings (SSSR count). The average molecular weight is 256 g/mol. The van der Waals surface area contributed by atoms with Crippen LogP contribution in [-0.2, 0) is 14.3 Å². The zero-order valence-electron chi connectivity index (χ0n) is 10.4. The van der Waals surface area contributed by atoms with Crippen LogP contribution < -0.4 is 0 Å². The summed E-state index contributed by atoms with van der Waals surface area (Å²) < 4.78 is 28.4. The third-order valence-electron chi connectivity index (χ3n) is 2.45. The first kappa shape index (κ1) is 14.2. The topological polar surface area (TPSA) is 43.4 Å². The molecule has 1 aromatic carbocycles. The lowest BCUT2D eigenvalue weighted by molar-refractivity contribution is 0.303. The van der Waals surface area contributed by atoms with Crippen molar-refractivity contribution in [2.45, 2.75) is 38.0 Å². The van der Waals surface area contributed by atoms with Crippen LogP contribution in [0.2, 0.25) is 0 Å². The smallest absolute Gasteiger partial charge is 0.266 e. The minimum Gasteiger partial charge on any atom is -0.266 e. The van der Waals surface area contributed by atoms with Crippen molar-refractivity contribution in [3.63, 3.8) is 0 Å². The molecule has 0 bridgehead atoms. The fourth-order valence-electron chi connectivity index (χ4n) is 1.48. The van der Waals surface area contributed by atoms with Crippen molar-refractivity contribution in [2.24, 2.45) is 5.92 Å². The first-order chi connectivity index (χ1) is 8.02. The predicted octanol–water partition coefficient (Wildman–Crippen LogP) is 3.22. The van der Waals surface area contributed by atoms with E-state index in [9.17, 15) is 8.42 Å². The lowest BCUT2D eigenvalue weighted by Crippen LogP contribution is -2.07. The standard InChI is InChI=1S/C13H20O3S/c1-12(2)8-6-7-11-16-17(14,15)13-9-4-3-5-10-13/h3-5,9-10,12H,6-8,11H2,1-2H3. The molecule has 0 radical (unpaired) electrons. The summed E-state index contributed by atoms with van der Waals surface area (Å²) in [4.78, 5) is 0.226. The summed E-state index contributed by atoms with van der Waals surface area (Å²) in [5.74, 6) is 0.653. The normalized spacial score (nSPS) is 11.9. The van der Waals surface area contributed by atoms with Gasteiger partial charge >= 0.3 is 0 Å². The van der Waals surface area contributed by atoms with Crippen molar-refractivity contribution >= 4 is 10.1 Å². The van der Waals surface area contributed by atoms with Gasteiger partial charge in [0.05, 0.1) is 11.5 Å². The zero-order valence-corrected chi connectivity index (χ0v) is 11.2. The van der Waals surface area contributed by atoms with Gasteiger partial charge < -0.3 is 0 Å². The molecule has 0 spiro atoms. The molecule has 0 fully saturated rings. The van der Waals surface area contributed by atoms with E-state index in [0.29, 0.717) is 5.92 Å². The molecule has 4 heteroatoms. The van der Waals surface area contributed by atoms with Crippen LogP contribution in [0.1, 0.15) is 33.1 Å². The number of rotatable bonds is 7. The molecule has 0 atom stereocenters. The fourth-order valence-corrected chi connectivity index (χ4v) is 2.44. The quantitative estimate of drug-likeness (QED) is 0.555. The number of benzene rings is 1. The molecule has 1 aromatic rings. The maximum atomic E-state index is 11.7. The van der Waals surface area contributed by atoms with Crippen molar-refractivity contribution in [1.29, 1.82) is 0 Å². The Morgan fingerprint density at radius 2 is 1.76 bits per heavy atom. The van der Waals surface area contributed by atoms with Gasteiger partial charge in [-0.15, -0.1) is 0 Å². The molecule has 0 unspecified atom stereocenters. The largest absolute Gasteiger partial charge is 0.296 e. The Bertz CT molecular complexity index is 410. The molecule has 0 aromatic heterocycles. The van der Waals surface area contributed by atoms with Gasteiger partial charge in [-0.05, 0) is 24.5 Å². The van der Waals surface area contributed by atoms with Crippen LogP contribution >= 0.6 is 0 Å². The number of hydrogen-bond acceptors (Lipinski definition) is 3. The fraction of sp³-hybridized carbons (Fsp3) is 0.538. The third-order valence-corrected chi connectivity index (χ3v) is 3.77. The molecule has 0 aliphatic heterocycles. The maximum absolute atomic E-state index is 11.7. The summed E-state index contributed by atoms with van der Waals surface area (Å²) in [5, 5.41) is 0. The van der Waals surface area contributed by atoms with Crippen LogP contribution in [0.3, 0.4) is 0 Å². The van der Waals surface area contributed by atoms with Gasteiger partial charge in [-0.3, -0.25) is 4.18 Å². The second-order valence-electron chi connectivity index (χ2n) is 4.48. The Kier molecular flexibility index (Phi) is 5.65.